The van der Waals surface area contributed by atoms with Crippen LogP contribution in [0.2, 0.25) is 0 Å². The summed E-state index contributed by atoms with van der Waals surface area (Å²) >= 11 is 0. The van der Waals surface area contributed by atoms with E-state index in [4.69, 9.17) is 9.47 Å². The Kier molecular flexibility index (Phi) is 3.81. The first-order chi connectivity index (χ1) is 9.31. The average molecular weight is 261 g/mol. The van der Waals surface area contributed by atoms with Crippen molar-refractivity contribution in [3.05, 3.63) is 18.2 Å². The zero-order valence-electron chi connectivity index (χ0n) is 11.7. The van der Waals surface area contributed by atoms with E-state index in [2.05, 4.69) is 24.4 Å². The van der Waals surface area contributed by atoms with E-state index in [1.54, 1.807) is 0 Å². The third-order valence-corrected chi connectivity index (χ3v) is 4.27. The lowest BCUT2D eigenvalue weighted by molar-refractivity contribution is 0.171. The van der Waals surface area contributed by atoms with E-state index < -0.39 is 0 Å². The summed E-state index contributed by atoms with van der Waals surface area (Å²) in [4.78, 5) is 0. The van der Waals surface area contributed by atoms with Crippen LogP contribution in [0, 0.1) is 11.8 Å². The van der Waals surface area contributed by atoms with Crippen molar-refractivity contribution in [2.24, 2.45) is 11.8 Å². The van der Waals surface area contributed by atoms with Crippen LogP contribution in [-0.4, -0.2) is 19.8 Å². The van der Waals surface area contributed by atoms with Crippen LogP contribution in [0.4, 0.5) is 5.69 Å². The van der Waals surface area contributed by atoms with Gasteiger partial charge >= 0.3 is 0 Å². The van der Waals surface area contributed by atoms with E-state index in [0.29, 0.717) is 13.2 Å². The summed E-state index contributed by atoms with van der Waals surface area (Å²) in [5, 5.41) is 3.54. The Labute approximate surface area is 115 Å². The van der Waals surface area contributed by atoms with Crippen molar-refractivity contribution in [3.63, 3.8) is 0 Å². The molecule has 1 heterocycles. The topological polar surface area (TPSA) is 30.5 Å². The van der Waals surface area contributed by atoms with Crippen LogP contribution in [0.25, 0.3) is 0 Å². The lowest BCUT2D eigenvalue weighted by atomic mass is 9.83. The van der Waals surface area contributed by atoms with E-state index in [-0.39, 0.29) is 0 Å². The van der Waals surface area contributed by atoms with Crippen LogP contribution >= 0.6 is 0 Å². The molecule has 0 atom stereocenters. The first kappa shape index (κ1) is 12.6. The molecule has 2 aliphatic rings. The molecule has 0 amide bonds. The molecule has 0 unspecified atom stereocenters. The highest BCUT2D eigenvalue weighted by molar-refractivity contribution is 5.55. The highest BCUT2D eigenvalue weighted by Crippen LogP contribution is 2.33. The molecule has 19 heavy (non-hydrogen) atoms. The molecule has 1 aromatic carbocycles. The van der Waals surface area contributed by atoms with Gasteiger partial charge in [0.2, 0.25) is 0 Å². The lowest BCUT2D eigenvalue weighted by Gasteiger charge is -2.26. The van der Waals surface area contributed by atoms with Crippen LogP contribution in [0.5, 0.6) is 11.5 Å². The first-order valence-corrected chi connectivity index (χ1v) is 7.45. The molecule has 1 fully saturated rings. The van der Waals surface area contributed by atoms with Gasteiger partial charge in [-0.05, 0) is 36.8 Å². The van der Waals surface area contributed by atoms with Crippen LogP contribution in [0.1, 0.15) is 32.6 Å². The van der Waals surface area contributed by atoms with Crippen LogP contribution in [-0.2, 0) is 0 Å². The number of benzene rings is 1. The zero-order chi connectivity index (χ0) is 13.1. The van der Waals surface area contributed by atoms with Gasteiger partial charge in [-0.1, -0.05) is 19.8 Å². The van der Waals surface area contributed by atoms with Gasteiger partial charge in [0, 0.05) is 18.3 Å². The van der Waals surface area contributed by atoms with Gasteiger partial charge in [-0.3, -0.25) is 0 Å². The molecule has 1 N–H and O–H groups in total. The second-order valence-electron chi connectivity index (χ2n) is 5.87. The Hall–Kier alpha value is -1.38. The van der Waals surface area contributed by atoms with Crippen molar-refractivity contribution in [1.82, 2.24) is 0 Å². The lowest BCUT2D eigenvalue weighted by Crippen LogP contribution is -2.20. The minimum atomic E-state index is 0.650. The van der Waals surface area contributed by atoms with Crippen molar-refractivity contribution in [3.8, 4) is 11.5 Å². The fourth-order valence-corrected chi connectivity index (χ4v) is 2.95. The molecule has 1 aliphatic carbocycles. The van der Waals surface area contributed by atoms with Crippen molar-refractivity contribution >= 4 is 5.69 Å². The SMILES string of the molecule is CC1CCC(CNc2ccc3c(c2)OCCO3)CC1. The summed E-state index contributed by atoms with van der Waals surface area (Å²) in [5.74, 6) is 3.48. The normalized spacial score (nSPS) is 25.9. The summed E-state index contributed by atoms with van der Waals surface area (Å²) < 4.78 is 11.1. The van der Waals surface area contributed by atoms with E-state index in [1.807, 2.05) is 6.07 Å². The van der Waals surface area contributed by atoms with E-state index in [0.717, 1.165) is 35.6 Å². The maximum absolute atomic E-state index is 5.60. The standard InChI is InChI=1S/C16H23NO2/c1-12-2-4-13(5-3-12)11-17-14-6-7-15-16(10-14)19-9-8-18-15/h6-7,10,12-13,17H,2-5,8-9,11H2,1H3. The average Bonchev–Trinajstić information content (AvgIpc) is 2.46. The van der Waals surface area contributed by atoms with Gasteiger partial charge in [-0.15, -0.1) is 0 Å². The largest absolute Gasteiger partial charge is 0.486 e. The fourth-order valence-electron chi connectivity index (χ4n) is 2.95. The van der Waals surface area contributed by atoms with E-state index in [1.165, 1.54) is 25.7 Å². The Bertz CT molecular complexity index is 425. The van der Waals surface area contributed by atoms with Crippen molar-refractivity contribution < 1.29 is 9.47 Å². The van der Waals surface area contributed by atoms with Crippen LogP contribution in [0.3, 0.4) is 0 Å². The van der Waals surface area contributed by atoms with E-state index >= 15 is 0 Å². The van der Waals surface area contributed by atoms with Crippen molar-refractivity contribution in [1.29, 1.82) is 0 Å². The Morgan fingerprint density at radius 2 is 1.79 bits per heavy atom. The third kappa shape index (κ3) is 3.14. The summed E-state index contributed by atoms with van der Waals surface area (Å²) in [6.07, 6.45) is 5.48. The molecule has 0 saturated heterocycles. The Balaban J connectivity index is 1.55. The van der Waals surface area contributed by atoms with Gasteiger partial charge in [0.15, 0.2) is 11.5 Å². The van der Waals surface area contributed by atoms with Gasteiger partial charge in [-0.2, -0.15) is 0 Å². The summed E-state index contributed by atoms with van der Waals surface area (Å²) in [7, 11) is 0. The Morgan fingerprint density at radius 3 is 2.58 bits per heavy atom. The molecule has 0 bridgehead atoms. The number of hydrogen-bond donors (Lipinski definition) is 1. The number of nitrogens with one attached hydrogen (secondary N) is 1. The summed E-state index contributed by atoms with van der Waals surface area (Å²) in [6.45, 7) is 4.74. The molecular weight excluding hydrogens is 238 g/mol. The van der Waals surface area contributed by atoms with Crippen molar-refractivity contribution in [2.45, 2.75) is 32.6 Å². The van der Waals surface area contributed by atoms with Gasteiger partial charge in [0.05, 0.1) is 0 Å². The molecule has 3 nitrogen and oxygen atoms in total. The first-order valence-electron chi connectivity index (χ1n) is 7.45. The monoisotopic (exact) mass is 261 g/mol. The minimum absolute atomic E-state index is 0.650. The molecule has 1 aliphatic heterocycles. The Morgan fingerprint density at radius 1 is 1.05 bits per heavy atom. The molecule has 1 saturated carbocycles. The smallest absolute Gasteiger partial charge is 0.163 e. The fraction of sp³-hybridized carbons (Fsp3) is 0.625. The van der Waals surface area contributed by atoms with Gasteiger partial charge in [0.25, 0.3) is 0 Å². The predicted molar refractivity (Wildman–Crippen MR) is 77.0 cm³/mol. The molecule has 3 heteroatoms. The second kappa shape index (κ2) is 5.72. The number of fused-ring (bicyclic) bond motifs is 1. The minimum Gasteiger partial charge on any atom is -0.486 e. The highest BCUT2D eigenvalue weighted by atomic mass is 16.6. The second-order valence-corrected chi connectivity index (χ2v) is 5.87. The maximum atomic E-state index is 5.60. The summed E-state index contributed by atoms with van der Waals surface area (Å²) in [6, 6.07) is 6.14. The molecule has 104 valence electrons. The van der Waals surface area contributed by atoms with Crippen LogP contribution < -0.4 is 14.8 Å². The molecule has 0 spiro atoms. The summed E-state index contributed by atoms with van der Waals surface area (Å²) in [5.41, 5.74) is 1.14. The van der Waals surface area contributed by atoms with Gasteiger partial charge in [0.1, 0.15) is 13.2 Å². The van der Waals surface area contributed by atoms with Gasteiger partial charge < -0.3 is 14.8 Å². The van der Waals surface area contributed by atoms with Gasteiger partial charge in [-0.25, -0.2) is 0 Å². The molecule has 0 aromatic heterocycles. The highest BCUT2D eigenvalue weighted by Gasteiger charge is 2.18. The molecule has 0 radical (unpaired) electrons. The number of ether oxygens (including phenoxy) is 2. The molecule has 1 aromatic rings. The predicted octanol–water partition coefficient (Wildman–Crippen LogP) is 3.70. The third-order valence-electron chi connectivity index (χ3n) is 4.27. The number of hydrogen-bond acceptors (Lipinski definition) is 3. The van der Waals surface area contributed by atoms with Crippen LogP contribution in [0.15, 0.2) is 18.2 Å². The maximum Gasteiger partial charge on any atom is 0.163 e. The zero-order valence-corrected chi connectivity index (χ0v) is 11.7. The molecular formula is C16H23NO2. The molecule has 3 rings (SSSR count). The quantitative estimate of drug-likeness (QED) is 0.900. The number of anilines is 1. The van der Waals surface area contributed by atoms with Crippen molar-refractivity contribution in [2.75, 3.05) is 25.1 Å². The number of rotatable bonds is 3. The van der Waals surface area contributed by atoms with E-state index in [9.17, 15) is 0 Å².